The number of nitrogens with one attached hydrogen (secondary N) is 1. The first kappa shape index (κ1) is 15.2. The van der Waals surface area contributed by atoms with Crippen molar-refractivity contribution in [3.8, 4) is 5.75 Å². The summed E-state index contributed by atoms with van der Waals surface area (Å²) in [6.07, 6.45) is 4.70. The van der Waals surface area contributed by atoms with Crippen LogP contribution >= 0.6 is 15.9 Å². The minimum atomic E-state index is -2.57. The number of alkyl halides is 2. The first-order valence-electron chi connectivity index (χ1n) is 6.76. The fourth-order valence-electron chi connectivity index (χ4n) is 2.29. The van der Waals surface area contributed by atoms with Crippen LogP contribution in [0.2, 0.25) is 0 Å². The van der Waals surface area contributed by atoms with E-state index in [9.17, 15) is 8.78 Å². The molecule has 0 unspecified atom stereocenters. The Morgan fingerprint density at radius 1 is 1.36 bits per heavy atom. The highest BCUT2D eigenvalue weighted by molar-refractivity contribution is 9.10. The van der Waals surface area contributed by atoms with Gasteiger partial charge in [0, 0.05) is 29.0 Å². The van der Waals surface area contributed by atoms with Crippen LogP contribution in [0.5, 0.6) is 5.75 Å². The molecule has 2 aromatic rings. The van der Waals surface area contributed by atoms with Crippen molar-refractivity contribution in [2.75, 3.05) is 13.2 Å². The molecule has 1 aliphatic heterocycles. The number of imidazole rings is 1. The van der Waals surface area contributed by atoms with Gasteiger partial charge < -0.3 is 10.1 Å². The average Bonchev–Trinajstić information content (AvgIpc) is 2.95. The van der Waals surface area contributed by atoms with Gasteiger partial charge in [0.15, 0.2) is 0 Å². The monoisotopic (exact) mass is 369 g/mol. The Kier molecular flexibility index (Phi) is 4.54. The number of fused-ring (bicyclic) bond motifs is 1. The third kappa shape index (κ3) is 3.36. The predicted octanol–water partition coefficient (Wildman–Crippen LogP) is 3.61. The summed E-state index contributed by atoms with van der Waals surface area (Å²) in [4.78, 5) is 3.93. The molecule has 3 rings (SSSR count). The summed E-state index contributed by atoms with van der Waals surface area (Å²) in [6, 6.07) is 5.83. The maximum atomic E-state index is 12.7. The van der Waals surface area contributed by atoms with Crippen molar-refractivity contribution < 1.29 is 13.5 Å². The molecule has 1 aliphatic rings. The molecule has 1 aromatic carbocycles. The summed E-state index contributed by atoms with van der Waals surface area (Å²) >= 11 is 3.43. The molecule has 116 valence electrons. The van der Waals surface area contributed by atoms with Gasteiger partial charge in [-0.05, 0) is 29.8 Å². The van der Waals surface area contributed by atoms with E-state index >= 15 is 0 Å². The van der Waals surface area contributed by atoms with Crippen molar-refractivity contribution in [3.63, 3.8) is 0 Å². The van der Waals surface area contributed by atoms with E-state index in [1.807, 2.05) is 18.2 Å². The highest BCUT2D eigenvalue weighted by Gasteiger charge is 2.13. The number of halogens is 3. The molecule has 1 aromatic heterocycles. The fourth-order valence-corrected chi connectivity index (χ4v) is 2.67. The topological polar surface area (TPSA) is 39.1 Å². The van der Waals surface area contributed by atoms with Crippen LogP contribution in [-0.2, 0) is 6.54 Å². The summed E-state index contributed by atoms with van der Waals surface area (Å²) < 4.78 is 32.9. The normalized spacial score (nSPS) is 13.7. The van der Waals surface area contributed by atoms with E-state index in [0.29, 0.717) is 19.0 Å². The Morgan fingerprint density at radius 3 is 3.05 bits per heavy atom. The minimum Gasteiger partial charge on any atom is -0.489 e. The van der Waals surface area contributed by atoms with E-state index in [1.54, 1.807) is 0 Å². The second-order valence-electron chi connectivity index (χ2n) is 4.91. The highest BCUT2D eigenvalue weighted by atomic mass is 79.9. The molecule has 0 saturated heterocycles. The first-order chi connectivity index (χ1) is 10.6. The Morgan fingerprint density at radius 2 is 2.23 bits per heavy atom. The minimum absolute atomic E-state index is 0.278. The van der Waals surface area contributed by atoms with Gasteiger partial charge in [-0.3, -0.25) is 4.57 Å². The number of rotatable bonds is 5. The number of ether oxygens (including phenoxy) is 1. The molecule has 0 saturated carbocycles. The average molecular weight is 370 g/mol. The van der Waals surface area contributed by atoms with Gasteiger partial charge in [0.05, 0.1) is 6.54 Å². The molecule has 1 N–H and O–H groups in total. The van der Waals surface area contributed by atoms with Gasteiger partial charge in [0.1, 0.15) is 18.2 Å². The van der Waals surface area contributed by atoms with Crippen molar-refractivity contribution in [1.82, 2.24) is 14.9 Å². The fraction of sp³-hybridized carbons (Fsp3) is 0.267. The van der Waals surface area contributed by atoms with Crippen molar-refractivity contribution in [3.05, 3.63) is 52.0 Å². The summed E-state index contributed by atoms with van der Waals surface area (Å²) in [7, 11) is 0. The lowest BCUT2D eigenvalue weighted by atomic mass is 10.1. The molecular weight excluding hydrogens is 356 g/mol. The summed E-state index contributed by atoms with van der Waals surface area (Å²) in [6.45, 7) is -1.24. The molecule has 0 spiro atoms. The number of hydrogen-bond donors (Lipinski definition) is 1. The standard InChI is InChI=1S/C15H14BrF2N3O/c16-12-1-2-13-11(6-12)5-10(9-22-13)7-19-8-14-20-3-4-21(14)15(17)18/h1-6,15,19H,7-9H2. The zero-order valence-electron chi connectivity index (χ0n) is 11.6. The van der Waals surface area contributed by atoms with Gasteiger partial charge in [-0.2, -0.15) is 8.78 Å². The van der Waals surface area contributed by atoms with Crippen LogP contribution in [0.3, 0.4) is 0 Å². The van der Waals surface area contributed by atoms with Crippen molar-refractivity contribution in [2.45, 2.75) is 13.1 Å². The number of benzene rings is 1. The molecule has 0 fully saturated rings. The zero-order valence-corrected chi connectivity index (χ0v) is 13.2. The Labute approximate surface area is 134 Å². The predicted molar refractivity (Wildman–Crippen MR) is 82.8 cm³/mol. The lowest BCUT2D eigenvalue weighted by Gasteiger charge is -2.18. The second kappa shape index (κ2) is 6.58. The molecule has 0 atom stereocenters. The first-order valence-corrected chi connectivity index (χ1v) is 7.55. The van der Waals surface area contributed by atoms with Crippen LogP contribution in [0.4, 0.5) is 8.78 Å². The lowest BCUT2D eigenvalue weighted by molar-refractivity contribution is 0.0666. The van der Waals surface area contributed by atoms with Gasteiger partial charge in [-0.15, -0.1) is 0 Å². The van der Waals surface area contributed by atoms with E-state index in [-0.39, 0.29) is 6.54 Å². The van der Waals surface area contributed by atoms with E-state index < -0.39 is 6.55 Å². The summed E-state index contributed by atoms with van der Waals surface area (Å²) in [5.74, 6) is 1.16. The summed E-state index contributed by atoms with van der Waals surface area (Å²) in [5.41, 5.74) is 2.06. The maximum absolute atomic E-state index is 12.7. The SMILES string of the molecule is FC(F)n1ccnc1CNCC1=Cc2cc(Br)ccc2OC1. The number of hydrogen-bond acceptors (Lipinski definition) is 3. The van der Waals surface area contributed by atoms with E-state index in [4.69, 9.17) is 4.74 Å². The molecule has 0 bridgehead atoms. The van der Waals surface area contributed by atoms with Crippen LogP contribution in [0, 0.1) is 0 Å². The lowest BCUT2D eigenvalue weighted by Crippen LogP contribution is -2.23. The molecular formula is C15H14BrF2N3O. The van der Waals surface area contributed by atoms with E-state index in [0.717, 1.165) is 25.9 Å². The third-order valence-corrected chi connectivity index (χ3v) is 3.83. The quantitative estimate of drug-likeness (QED) is 0.874. The molecule has 22 heavy (non-hydrogen) atoms. The van der Waals surface area contributed by atoms with Crippen LogP contribution in [-0.4, -0.2) is 22.7 Å². The molecule has 4 nitrogen and oxygen atoms in total. The molecule has 0 radical (unpaired) electrons. The highest BCUT2D eigenvalue weighted by Crippen LogP contribution is 2.28. The van der Waals surface area contributed by atoms with Crippen LogP contribution in [0.1, 0.15) is 17.9 Å². The number of nitrogens with zero attached hydrogens (tertiary/aromatic N) is 2. The van der Waals surface area contributed by atoms with Crippen molar-refractivity contribution in [2.24, 2.45) is 0 Å². The Hall–Kier alpha value is -1.73. The van der Waals surface area contributed by atoms with Gasteiger partial charge in [-0.25, -0.2) is 4.98 Å². The summed E-state index contributed by atoms with van der Waals surface area (Å²) in [5, 5.41) is 3.12. The van der Waals surface area contributed by atoms with Crippen molar-refractivity contribution in [1.29, 1.82) is 0 Å². The van der Waals surface area contributed by atoms with Gasteiger partial charge in [0.2, 0.25) is 0 Å². The second-order valence-corrected chi connectivity index (χ2v) is 5.82. The van der Waals surface area contributed by atoms with Crippen LogP contribution in [0.15, 0.2) is 40.6 Å². The Balaban J connectivity index is 1.62. The zero-order chi connectivity index (χ0) is 15.5. The van der Waals surface area contributed by atoms with Gasteiger partial charge >= 0.3 is 6.55 Å². The van der Waals surface area contributed by atoms with E-state index in [1.165, 1.54) is 12.4 Å². The van der Waals surface area contributed by atoms with Crippen molar-refractivity contribution >= 4 is 22.0 Å². The molecule has 0 aliphatic carbocycles. The molecule has 2 heterocycles. The van der Waals surface area contributed by atoms with Gasteiger partial charge in [-0.1, -0.05) is 15.9 Å². The van der Waals surface area contributed by atoms with Crippen LogP contribution < -0.4 is 10.1 Å². The molecule has 0 amide bonds. The maximum Gasteiger partial charge on any atom is 0.319 e. The third-order valence-electron chi connectivity index (χ3n) is 3.34. The van der Waals surface area contributed by atoms with Gasteiger partial charge in [0.25, 0.3) is 0 Å². The van der Waals surface area contributed by atoms with Crippen LogP contribution in [0.25, 0.3) is 6.08 Å². The molecule has 7 heteroatoms. The number of aromatic nitrogens is 2. The smallest absolute Gasteiger partial charge is 0.319 e. The Bertz CT molecular complexity index is 700. The van der Waals surface area contributed by atoms with E-state index in [2.05, 4.69) is 32.3 Å². The largest absolute Gasteiger partial charge is 0.489 e.